The van der Waals surface area contributed by atoms with E-state index in [0.29, 0.717) is 15.8 Å². The first kappa shape index (κ1) is 12.9. The van der Waals surface area contributed by atoms with E-state index in [1.54, 1.807) is 12.1 Å². The highest BCUT2D eigenvalue weighted by molar-refractivity contribution is 6.42. The third kappa shape index (κ3) is 3.49. The zero-order valence-electron chi connectivity index (χ0n) is 9.40. The topological polar surface area (TPSA) is 26.3 Å². The highest BCUT2D eigenvalue weighted by Crippen LogP contribution is 2.26. The second kappa shape index (κ2) is 5.89. The maximum absolute atomic E-state index is 11.7. The third-order valence-corrected chi connectivity index (χ3v) is 3.05. The number of hydrogen-bond acceptors (Lipinski definition) is 2. The molecule has 2 nitrogen and oxygen atoms in total. The standard InChI is InChI=1S/C14H10Cl2O2/c15-12-7-6-11(9-13(12)16)18-14(17)8-10-4-2-1-3-5-10/h1-7,9H,8H2. The van der Waals surface area contributed by atoms with Crippen molar-refractivity contribution in [3.05, 3.63) is 64.1 Å². The molecule has 0 aromatic heterocycles. The van der Waals surface area contributed by atoms with Crippen LogP contribution in [0.5, 0.6) is 5.75 Å². The Morgan fingerprint density at radius 3 is 2.39 bits per heavy atom. The van der Waals surface area contributed by atoms with Crippen molar-refractivity contribution in [3.8, 4) is 5.75 Å². The molecule has 2 aromatic carbocycles. The summed E-state index contributed by atoms with van der Waals surface area (Å²) in [7, 11) is 0. The summed E-state index contributed by atoms with van der Waals surface area (Å²) in [6.07, 6.45) is 0.223. The molecule has 0 aliphatic carbocycles. The van der Waals surface area contributed by atoms with E-state index in [2.05, 4.69) is 0 Å². The van der Waals surface area contributed by atoms with Gasteiger partial charge in [-0.25, -0.2) is 0 Å². The highest BCUT2D eigenvalue weighted by Gasteiger charge is 2.07. The third-order valence-electron chi connectivity index (χ3n) is 2.31. The second-order valence-electron chi connectivity index (χ2n) is 3.71. The van der Waals surface area contributed by atoms with Crippen LogP contribution in [0.3, 0.4) is 0 Å². The van der Waals surface area contributed by atoms with Gasteiger partial charge in [-0.15, -0.1) is 0 Å². The number of rotatable bonds is 3. The lowest BCUT2D eigenvalue weighted by atomic mass is 10.2. The number of carbonyl (C=O) groups excluding carboxylic acids is 1. The van der Waals surface area contributed by atoms with Gasteiger partial charge in [-0.3, -0.25) is 4.79 Å². The number of ether oxygens (including phenoxy) is 1. The van der Waals surface area contributed by atoms with Crippen molar-refractivity contribution in [2.24, 2.45) is 0 Å². The summed E-state index contributed by atoms with van der Waals surface area (Å²) in [6, 6.07) is 14.1. The van der Waals surface area contributed by atoms with Crippen LogP contribution < -0.4 is 4.74 Å². The summed E-state index contributed by atoms with van der Waals surface area (Å²) in [5.74, 6) is 0.0601. The molecule has 0 bridgehead atoms. The van der Waals surface area contributed by atoms with Crippen molar-refractivity contribution in [2.45, 2.75) is 6.42 Å². The predicted molar refractivity (Wildman–Crippen MR) is 72.2 cm³/mol. The molecular formula is C14H10Cl2O2. The molecule has 0 heterocycles. The van der Waals surface area contributed by atoms with E-state index < -0.39 is 0 Å². The van der Waals surface area contributed by atoms with E-state index in [4.69, 9.17) is 27.9 Å². The maximum Gasteiger partial charge on any atom is 0.315 e. The smallest absolute Gasteiger partial charge is 0.315 e. The molecule has 0 saturated carbocycles. The van der Waals surface area contributed by atoms with Crippen LogP contribution in [0.2, 0.25) is 10.0 Å². The van der Waals surface area contributed by atoms with Gasteiger partial charge in [0.25, 0.3) is 0 Å². The van der Waals surface area contributed by atoms with Crippen LogP contribution in [0.4, 0.5) is 0 Å². The number of halogens is 2. The summed E-state index contributed by atoms with van der Waals surface area (Å²) >= 11 is 11.6. The Morgan fingerprint density at radius 1 is 1.00 bits per heavy atom. The van der Waals surface area contributed by atoms with Gasteiger partial charge in [0.05, 0.1) is 16.5 Å². The van der Waals surface area contributed by atoms with Crippen LogP contribution in [0.25, 0.3) is 0 Å². The van der Waals surface area contributed by atoms with E-state index in [0.717, 1.165) is 5.56 Å². The van der Waals surface area contributed by atoms with E-state index in [9.17, 15) is 4.79 Å². The molecular weight excluding hydrogens is 271 g/mol. The number of carbonyl (C=O) groups is 1. The van der Waals surface area contributed by atoms with Crippen molar-refractivity contribution in [1.29, 1.82) is 0 Å². The normalized spacial score (nSPS) is 10.1. The number of hydrogen-bond donors (Lipinski definition) is 0. The van der Waals surface area contributed by atoms with Gasteiger partial charge in [-0.05, 0) is 17.7 Å². The largest absolute Gasteiger partial charge is 0.426 e. The van der Waals surface area contributed by atoms with Crippen molar-refractivity contribution in [3.63, 3.8) is 0 Å². The first-order chi connectivity index (χ1) is 8.65. The van der Waals surface area contributed by atoms with E-state index in [-0.39, 0.29) is 12.4 Å². The Labute approximate surface area is 115 Å². The molecule has 2 rings (SSSR count). The van der Waals surface area contributed by atoms with Gasteiger partial charge in [0.15, 0.2) is 0 Å². The summed E-state index contributed by atoms with van der Waals surface area (Å²) in [6.45, 7) is 0. The van der Waals surface area contributed by atoms with E-state index in [1.165, 1.54) is 6.07 Å². The minimum atomic E-state index is -0.334. The molecule has 0 amide bonds. The van der Waals surface area contributed by atoms with Crippen molar-refractivity contribution >= 4 is 29.2 Å². The average molecular weight is 281 g/mol. The quantitative estimate of drug-likeness (QED) is 0.624. The average Bonchev–Trinajstić information content (AvgIpc) is 2.35. The molecule has 0 N–H and O–H groups in total. The fourth-order valence-electron chi connectivity index (χ4n) is 1.47. The van der Waals surface area contributed by atoms with Gasteiger partial charge in [-0.2, -0.15) is 0 Å². The van der Waals surface area contributed by atoms with Gasteiger partial charge < -0.3 is 4.74 Å². The first-order valence-corrected chi connectivity index (χ1v) is 6.10. The molecule has 4 heteroatoms. The Kier molecular flexibility index (Phi) is 4.24. The lowest BCUT2D eigenvalue weighted by Crippen LogP contribution is -2.11. The van der Waals surface area contributed by atoms with Crippen molar-refractivity contribution in [2.75, 3.05) is 0 Å². The van der Waals surface area contributed by atoms with Crippen LogP contribution in [-0.4, -0.2) is 5.97 Å². The van der Waals surface area contributed by atoms with Crippen molar-refractivity contribution in [1.82, 2.24) is 0 Å². The molecule has 92 valence electrons. The van der Waals surface area contributed by atoms with Crippen LogP contribution in [-0.2, 0) is 11.2 Å². The number of esters is 1. The minimum Gasteiger partial charge on any atom is -0.426 e. The molecule has 0 saturated heterocycles. The Balaban J connectivity index is 2.01. The lowest BCUT2D eigenvalue weighted by molar-refractivity contribution is -0.133. The summed E-state index contributed by atoms with van der Waals surface area (Å²) in [4.78, 5) is 11.7. The minimum absolute atomic E-state index is 0.223. The van der Waals surface area contributed by atoms with E-state index >= 15 is 0 Å². The van der Waals surface area contributed by atoms with Gasteiger partial charge in [0.2, 0.25) is 0 Å². The maximum atomic E-state index is 11.7. The SMILES string of the molecule is O=C(Cc1ccccc1)Oc1ccc(Cl)c(Cl)c1. The van der Waals surface area contributed by atoms with Crippen LogP contribution in [0, 0.1) is 0 Å². The zero-order valence-corrected chi connectivity index (χ0v) is 10.9. The zero-order chi connectivity index (χ0) is 13.0. The fourth-order valence-corrected chi connectivity index (χ4v) is 1.76. The molecule has 0 unspecified atom stereocenters. The molecule has 0 atom stereocenters. The number of benzene rings is 2. The first-order valence-electron chi connectivity index (χ1n) is 5.35. The fraction of sp³-hybridized carbons (Fsp3) is 0.0714. The lowest BCUT2D eigenvalue weighted by Gasteiger charge is -2.05. The van der Waals surface area contributed by atoms with E-state index in [1.807, 2.05) is 30.3 Å². The van der Waals surface area contributed by atoms with Crippen LogP contribution >= 0.6 is 23.2 Å². The highest BCUT2D eigenvalue weighted by atomic mass is 35.5. The molecule has 0 fully saturated rings. The predicted octanol–water partition coefficient (Wildman–Crippen LogP) is 4.14. The van der Waals surface area contributed by atoms with Crippen LogP contribution in [0.15, 0.2) is 48.5 Å². The Bertz CT molecular complexity index is 553. The summed E-state index contributed by atoms with van der Waals surface area (Å²) in [5.41, 5.74) is 0.905. The second-order valence-corrected chi connectivity index (χ2v) is 4.53. The monoisotopic (exact) mass is 280 g/mol. The molecule has 0 aliphatic heterocycles. The Morgan fingerprint density at radius 2 is 1.72 bits per heavy atom. The van der Waals surface area contributed by atoms with Crippen LogP contribution in [0.1, 0.15) is 5.56 Å². The molecule has 0 radical (unpaired) electrons. The van der Waals surface area contributed by atoms with Gasteiger partial charge in [0.1, 0.15) is 5.75 Å². The summed E-state index contributed by atoms with van der Waals surface area (Å²) < 4.78 is 5.17. The molecule has 18 heavy (non-hydrogen) atoms. The molecule has 0 aliphatic rings. The van der Waals surface area contributed by atoms with Gasteiger partial charge in [0, 0.05) is 6.07 Å². The molecule has 2 aromatic rings. The van der Waals surface area contributed by atoms with Gasteiger partial charge in [-0.1, -0.05) is 53.5 Å². The summed E-state index contributed by atoms with van der Waals surface area (Å²) in [5, 5.41) is 0.793. The Hall–Kier alpha value is -1.51. The molecule has 0 spiro atoms. The van der Waals surface area contributed by atoms with Gasteiger partial charge >= 0.3 is 5.97 Å². The van der Waals surface area contributed by atoms with Crippen molar-refractivity contribution < 1.29 is 9.53 Å².